The van der Waals surface area contributed by atoms with Gasteiger partial charge in [-0.25, -0.2) is 0 Å². The Morgan fingerprint density at radius 3 is 1.97 bits per heavy atom. The van der Waals surface area contributed by atoms with Gasteiger partial charge in [-0.2, -0.15) is 0 Å². The van der Waals surface area contributed by atoms with E-state index in [-0.39, 0.29) is 0 Å². The summed E-state index contributed by atoms with van der Waals surface area (Å²) in [5.74, 6) is 0. The van der Waals surface area contributed by atoms with Gasteiger partial charge in [-0.3, -0.25) is 0 Å². The Labute approximate surface area is 250 Å². The Morgan fingerprint density at radius 2 is 1.26 bits per heavy atom. The van der Waals surface area contributed by atoms with Gasteiger partial charge in [0.2, 0.25) is 0 Å². The molecule has 0 nitrogen and oxygen atoms in total. The zero-order chi connectivity index (χ0) is 26.3. The summed E-state index contributed by atoms with van der Waals surface area (Å²) in [5, 5.41) is 0. The summed E-state index contributed by atoms with van der Waals surface area (Å²) in [6.45, 7) is 0. The van der Waals surface area contributed by atoms with Gasteiger partial charge in [0.1, 0.15) is 0 Å². The zero-order valence-electron chi connectivity index (χ0n) is 21.1. The normalized spacial score (nSPS) is 14.7. The van der Waals surface area contributed by atoms with Gasteiger partial charge in [0.25, 0.3) is 0 Å². The van der Waals surface area contributed by atoms with Gasteiger partial charge in [0, 0.05) is 0 Å². The summed E-state index contributed by atoms with van der Waals surface area (Å²) < 4.78 is 2.90. The molecular weight excluding hydrogens is 642 g/mol. The molecule has 0 saturated carbocycles. The molecule has 0 saturated heterocycles. The van der Waals surface area contributed by atoms with Crippen LogP contribution >= 0.6 is 23.1 Å². The number of rotatable bonds is 7. The quantitative estimate of drug-likeness (QED) is 0.0947. The Morgan fingerprint density at radius 1 is 0.590 bits per heavy atom. The topological polar surface area (TPSA) is 0 Å². The summed E-state index contributed by atoms with van der Waals surface area (Å²) in [6, 6.07) is 34.9. The molecule has 1 aliphatic heterocycles. The van der Waals surface area contributed by atoms with Crippen LogP contribution in [0.25, 0.3) is 35.6 Å². The molecule has 0 atom stereocenters. The van der Waals surface area contributed by atoms with Crippen molar-refractivity contribution in [1.82, 2.24) is 0 Å². The molecule has 0 unspecified atom stereocenters. The minimum absolute atomic E-state index is 0.418. The summed E-state index contributed by atoms with van der Waals surface area (Å²) in [7, 11) is 0. The van der Waals surface area contributed by atoms with E-state index >= 15 is 0 Å². The molecule has 0 spiro atoms. The molecule has 5 aromatic rings. The van der Waals surface area contributed by atoms with Crippen molar-refractivity contribution < 1.29 is 0 Å². The second kappa shape index (κ2) is 12.9. The van der Waals surface area contributed by atoms with Crippen molar-refractivity contribution >= 4 is 68.0 Å². The first-order valence-corrected chi connectivity index (χ1v) is 18.0. The van der Waals surface area contributed by atoms with Crippen LogP contribution in [0.3, 0.4) is 0 Å². The molecule has 0 fully saturated rings. The SMILES string of the molecule is C1=C(c2ccccc2)SC(c2ccc[se]2)=C/C1=C/C=C/C=C/c1cc(-c2ccccc2)[s+]c(-c2ccc[se]2)c1. The molecule has 0 radical (unpaired) electrons. The Hall–Kier alpha value is -2.94. The number of benzene rings is 2. The van der Waals surface area contributed by atoms with Crippen LogP contribution < -0.4 is 0 Å². The van der Waals surface area contributed by atoms with E-state index in [9.17, 15) is 0 Å². The molecule has 188 valence electrons. The monoisotopic (exact) mass is 669 g/mol. The first-order valence-electron chi connectivity index (χ1n) is 12.6. The van der Waals surface area contributed by atoms with Crippen LogP contribution in [0.4, 0.5) is 0 Å². The van der Waals surface area contributed by atoms with Crippen LogP contribution in [0.2, 0.25) is 0 Å². The van der Waals surface area contributed by atoms with Crippen LogP contribution in [-0.2, 0) is 0 Å². The van der Waals surface area contributed by atoms with Crippen LogP contribution in [0.1, 0.15) is 15.6 Å². The van der Waals surface area contributed by atoms with E-state index in [1.807, 2.05) is 23.1 Å². The molecule has 0 bridgehead atoms. The fraction of sp³-hybridized carbons (Fsp3) is 0. The fourth-order valence-electron chi connectivity index (χ4n) is 4.20. The van der Waals surface area contributed by atoms with Crippen LogP contribution in [-0.4, -0.2) is 29.0 Å². The molecule has 39 heavy (non-hydrogen) atoms. The maximum atomic E-state index is 2.33. The van der Waals surface area contributed by atoms with E-state index < -0.39 is 0 Å². The van der Waals surface area contributed by atoms with Crippen LogP contribution in [0.5, 0.6) is 0 Å². The Kier molecular flexibility index (Phi) is 8.72. The number of hydrogen-bond donors (Lipinski definition) is 0. The standard InChI is InChI=1S/C35H25S2Se2/c1(4-12-26-22-30(28-14-6-2-7-15-28)36-32(24-26)34-18-10-20-38-34)5-13-27-23-31(29-16-8-3-9-17-29)37-33(25-27)35-19-11-21-39-35/h1-25H/q+1. The van der Waals surface area contributed by atoms with Crippen molar-refractivity contribution in [2.75, 3.05) is 0 Å². The van der Waals surface area contributed by atoms with Gasteiger partial charge < -0.3 is 0 Å². The number of thioether (sulfide) groups is 1. The second-order valence-corrected chi connectivity index (χ2v) is 15.0. The van der Waals surface area contributed by atoms with E-state index in [4.69, 9.17) is 0 Å². The second-order valence-electron chi connectivity index (χ2n) is 8.84. The third-order valence-electron chi connectivity index (χ3n) is 6.08. The van der Waals surface area contributed by atoms with Gasteiger partial charge in [0.05, 0.1) is 0 Å². The van der Waals surface area contributed by atoms with Gasteiger partial charge in [0.15, 0.2) is 0 Å². The predicted octanol–water partition coefficient (Wildman–Crippen LogP) is 9.80. The summed E-state index contributed by atoms with van der Waals surface area (Å²) in [5.41, 5.74) is 5.00. The van der Waals surface area contributed by atoms with E-state index in [1.54, 1.807) is 0 Å². The molecule has 0 amide bonds. The molecule has 2 aromatic carbocycles. The predicted molar refractivity (Wildman–Crippen MR) is 176 cm³/mol. The van der Waals surface area contributed by atoms with Crippen molar-refractivity contribution in [3.63, 3.8) is 0 Å². The van der Waals surface area contributed by atoms with Gasteiger partial charge >= 0.3 is 252 Å². The third-order valence-corrected chi connectivity index (χ3v) is 12.7. The van der Waals surface area contributed by atoms with Gasteiger partial charge in [-0.05, 0) is 0 Å². The van der Waals surface area contributed by atoms with E-state index in [0.29, 0.717) is 29.0 Å². The Bertz CT molecular complexity index is 1690. The average molecular weight is 668 g/mol. The number of allylic oxidation sites excluding steroid dienone is 7. The molecule has 6 rings (SSSR count). The molecule has 1 aliphatic rings. The van der Waals surface area contributed by atoms with Gasteiger partial charge in [-0.1, -0.05) is 0 Å². The number of hydrogen-bond acceptors (Lipinski definition) is 1. The van der Waals surface area contributed by atoms with Crippen LogP contribution in [0, 0.1) is 0 Å². The van der Waals surface area contributed by atoms with Crippen molar-refractivity contribution in [2.45, 2.75) is 0 Å². The summed E-state index contributed by atoms with van der Waals surface area (Å²) in [6.07, 6.45) is 15.5. The van der Waals surface area contributed by atoms with E-state index in [1.165, 1.54) is 50.7 Å². The molecule has 0 aliphatic carbocycles. The fourth-order valence-corrected chi connectivity index (χ4v) is 10.00. The van der Waals surface area contributed by atoms with E-state index in [0.717, 1.165) is 0 Å². The zero-order valence-corrected chi connectivity index (χ0v) is 26.1. The van der Waals surface area contributed by atoms with Crippen molar-refractivity contribution in [1.29, 1.82) is 0 Å². The first-order chi connectivity index (χ1) is 19.3. The minimum atomic E-state index is 0.418. The molecule has 3 aromatic heterocycles. The van der Waals surface area contributed by atoms with Crippen molar-refractivity contribution in [3.05, 3.63) is 165 Å². The molecule has 0 N–H and O–H groups in total. The molecule has 4 heteroatoms. The maximum absolute atomic E-state index is 2.33. The van der Waals surface area contributed by atoms with Crippen molar-refractivity contribution in [3.8, 4) is 19.8 Å². The Balaban J connectivity index is 1.27. The van der Waals surface area contributed by atoms with Crippen LogP contribution in [0.15, 0.2) is 149 Å². The summed E-state index contributed by atoms with van der Waals surface area (Å²) >= 11 is 4.60. The average Bonchev–Trinajstić information content (AvgIpc) is 3.73. The molecule has 4 heterocycles. The van der Waals surface area contributed by atoms with Crippen molar-refractivity contribution in [2.24, 2.45) is 0 Å². The molecular formula is C35H25S2Se2+. The first kappa shape index (κ1) is 26.3. The van der Waals surface area contributed by atoms with E-state index in [2.05, 4.69) is 149 Å². The van der Waals surface area contributed by atoms with Gasteiger partial charge in [-0.15, -0.1) is 0 Å². The summed E-state index contributed by atoms with van der Waals surface area (Å²) in [4.78, 5) is 9.91. The third kappa shape index (κ3) is 6.80.